The topological polar surface area (TPSA) is 43.8 Å². The lowest BCUT2D eigenvalue weighted by atomic mass is 9.68. The van der Waals surface area contributed by atoms with Gasteiger partial charge in [-0.15, -0.1) is 0 Å². The lowest BCUT2D eigenvalue weighted by Crippen LogP contribution is -2.53. The Hall–Kier alpha value is -0.610. The van der Waals surface area contributed by atoms with E-state index in [4.69, 9.17) is 0 Å². The summed E-state index contributed by atoms with van der Waals surface area (Å²) in [6, 6.07) is 0. The number of hydrogen-bond acceptors (Lipinski definition) is 3. The molecule has 0 amide bonds. The number of carboxylic acid groups (broad SMARTS) is 1. The van der Waals surface area contributed by atoms with Crippen LogP contribution in [0.4, 0.5) is 0 Å². The third-order valence-corrected chi connectivity index (χ3v) is 3.89. The van der Waals surface area contributed by atoms with E-state index in [1.54, 1.807) is 0 Å². The van der Waals surface area contributed by atoms with Crippen molar-refractivity contribution in [3.05, 3.63) is 0 Å². The molecule has 0 unspecified atom stereocenters. The predicted octanol–water partition coefficient (Wildman–Crippen LogP) is 0.489. The van der Waals surface area contributed by atoms with E-state index in [0.717, 1.165) is 52.0 Å². The van der Waals surface area contributed by atoms with Crippen molar-refractivity contribution in [1.29, 1.82) is 0 Å². The van der Waals surface area contributed by atoms with Crippen LogP contribution < -0.4 is 0 Å². The number of piperazine rings is 1. The molecule has 1 saturated carbocycles. The van der Waals surface area contributed by atoms with Gasteiger partial charge < -0.3 is 10.0 Å². The maximum absolute atomic E-state index is 11.2. The third kappa shape index (κ3) is 2.16. The van der Waals surface area contributed by atoms with Crippen molar-refractivity contribution >= 4 is 5.97 Å². The predicted molar refractivity (Wildman–Crippen MR) is 57.9 cm³/mol. The molecule has 0 atom stereocenters. The van der Waals surface area contributed by atoms with Gasteiger partial charge in [-0.05, 0) is 19.9 Å². The van der Waals surface area contributed by atoms with Gasteiger partial charge in [0.05, 0.1) is 5.41 Å². The second-order valence-corrected chi connectivity index (χ2v) is 5.02. The van der Waals surface area contributed by atoms with Crippen LogP contribution in [0.2, 0.25) is 0 Å². The monoisotopic (exact) mass is 212 g/mol. The summed E-state index contributed by atoms with van der Waals surface area (Å²) >= 11 is 0. The Labute approximate surface area is 90.9 Å². The SMILES string of the molecule is CN1CCN(CC2(C(=O)O)CCC2)CC1. The van der Waals surface area contributed by atoms with Crippen molar-refractivity contribution in [2.75, 3.05) is 39.8 Å². The summed E-state index contributed by atoms with van der Waals surface area (Å²) in [5.41, 5.74) is -0.407. The number of hydrogen-bond donors (Lipinski definition) is 1. The average molecular weight is 212 g/mol. The van der Waals surface area contributed by atoms with Crippen LogP contribution in [0, 0.1) is 5.41 Å². The molecule has 4 nitrogen and oxygen atoms in total. The van der Waals surface area contributed by atoms with Crippen LogP contribution in [-0.4, -0.2) is 60.6 Å². The Kier molecular flexibility index (Phi) is 2.98. The maximum atomic E-state index is 11.2. The molecule has 1 heterocycles. The van der Waals surface area contributed by atoms with Crippen LogP contribution in [0.1, 0.15) is 19.3 Å². The molecule has 0 radical (unpaired) electrons. The van der Waals surface area contributed by atoms with Crippen molar-refractivity contribution in [3.63, 3.8) is 0 Å². The molecule has 2 fully saturated rings. The van der Waals surface area contributed by atoms with Gasteiger partial charge in [0.25, 0.3) is 0 Å². The molecule has 15 heavy (non-hydrogen) atoms. The second kappa shape index (κ2) is 4.10. The molecular weight excluding hydrogens is 192 g/mol. The number of carbonyl (C=O) groups is 1. The molecule has 1 N–H and O–H groups in total. The molecule has 2 aliphatic rings. The molecule has 0 bridgehead atoms. The zero-order chi connectivity index (χ0) is 10.9. The van der Waals surface area contributed by atoms with E-state index in [9.17, 15) is 9.90 Å². The summed E-state index contributed by atoms with van der Waals surface area (Å²) in [6.07, 6.45) is 2.82. The first-order chi connectivity index (χ1) is 7.12. The first-order valence-corrected chi connectivity index (χ1v) is 5.77. The minimum Gasteiger partial charge on any atom is -0.481 e. The van der Waals surface area contributed by atoms with Crippen molar-refractivity contribution < 1.29 is 9.90 Å². The largest absolute Gasteiger partial charge is 0.481 e. The van der Waals surface area contributed by atoms with Gasteiger partial charge in [0.2, 0.25) is 0 Å². The summed E-state index contributed by atoms with van der Waals surface area (Å²) in [5.74, 6) is -0.590. The average Bonchev–Trinajstić information content (AvgIpc) is 2.13. The second-order valence-electron chi connectivity index (χ2n) is 5.02. The summed E-state index contributed by atoms with van der Waals surface area (Å²) in [7, 11) is 2.12. The quantitative estimate of drug-likeness (QED) is 0.739. The Balaban J connectivity index is 1.88. The number of aliphatic carboxylic acids is 1. The molecular formula is C11H20N2O2. The van der Waals surface area contributed by atoms with Gasteiger partial charge in [-0.3, -0.25) is 9.69 Å². The van der Waals surface area contributed by atoms with Crippen LogP contribution in [-0.2, 0) is 4.79 Å². The fourth-order valence-electron chi connectivity index (χ4n) is 2.48. The molecule has 1 aliphatic heterocycles. The maximum Gasteiger partial charge on any atom is 0.310 e. The van der Waals surface area contributed by atoms with Crippen LogP contribution in [0.15, 0.2) is 0 Å². The van der Waals surface area contributed by atoms with Gasteiger partial charge in [-0.2, -0.15) is 0 Å². The minimum atomic E-state index is -0.590. The molecule has 0 aromatic heterocycles. The van der Waals surface area contributed by atoms with E-state index < -0.39 is 11.4 Å². The van der Waals surface area contributed by atoms with Gasteiger partial charge in [0, 0.05) is 32.7 Å². The lowest BCUT2D eigenvalue weighted by Gasteiger charge is -2.43. The first-order valence-electron chi connectivity index (χ1n) is 5.77. The normalized spacial score (nSPS) is 27.3. The van der Waals surface area contributed by atoms with E-state index in [0.29, 0.717) is 0 Å². The number of rotatable bonds is 3. The first kappa shape index (κ1) is 10.9. The third-order valence-electron chi connectivity index (χ3n) is 3.89. The van der Waals surface area contributed by atoms with Gasteiger partial charge in [-0.25, -0.2) is 0 Å². The standard InChI is InChI=1S/C11H20N2O2/c1-12-5-7-13(8-6-12)9-11(10(14)15)3-2-4-11/h2-9H2,1H3,(H,14,15). The van der Waals surface area contributed by atoms with E-state index in [2.05, 4.69) is 16.8 Å². The Morgan fingerprint density at radius 2 is 1.87 bits per heavy atom. The van der Waals surface area contributed by atoms with E-state index in [1.165, 1.54) is 0 Å². The molecule has 0 aromatic carbocycles. The fraction of sp³-hybridized carbons (Fsp3) is 0.909. The Bertz CT molecular complexity index is 243. The molecule has 1 aliphatic carbocycles. The van der Waals surface area contributed by atoms with Crippen LogP contribution in [0.5, 0.6) is 0 Å². The molecule has 0 spiro atoms. The molecule has 1 saturated heterocycles. The summed E-state index contributed by atoms with van der Waals surface area (Å²) < 4.78 is 0. The highest BCUT2D eigenvalue weighted by atomic mass is 16.4. The molecule has 4 heteroatoms. The van der Waals surface area contributed by atoms with Crippen molar-refractivity contribution in [1.82, 2.24) is 9.80 Å². The van der Waals surface area contributed by atoms with E-state index >= 15 is 0 Å². The molecule has 86 valence electrons. The summed E-state index contributed by atoms with van der Waals surface area (Å²) in [5, 5.41) is 9.23. The number of nitrogens with zero attached hydrogens (tertiary/aromatic N) is 2. The van der Waals surface area contributed by atoms with Gasteiger partial charge >= 0.3 is 5.97 Å². The molecule has 2 rings (SSSR count). The zero-order valence-corrected chi connectivity index (χ0v) is 9.41. The van der Waals surface area contributed by atoms with Gasteiger partial charge in [-0.1, -0.05) is 6.42 Å². The number of likely N-dealkylation sites (N-methyl/N-ethyl adjacent to an activating group) is 1. The van der Waals surface area contributed by atoms with Crippen LogP contribution >= 0.6 is 0 Å². The number of carboxylic acids is 1. The van der Waals surface area contributed by atoms with Crippen molar-refractivity contribution in [3.8, 4) is 0 Å². The van der Waals surface area contributed by atoms with Crippen LogP contribution in [0.3, 0.4) is 0 Å². The highest BCUT2D eigenvalue weighted by molar-refractivity contribution is 5.76. The summed E-state index contributed by atoms with van der Waals surface area (Å²) in [6.45, 7) is 4.93. The smallest absolute Gasteiger partial charge is 0.310 e. The van der Waals surface area contributed by atoms with Gasteiger partial charge in [0.15, 0.2) is 0 Å². The highest BCUT2D eigenvalue weighted by Crippen LogP contribution is 2.41. The lowest BCUT2D eigenvalue weighted by molar-refractivity contribution is -0.156. The fourth-order valence-corrected chi connectivity index (χ4v) is 2.48. The van der Waals surface area contributed by atoms with Crippen molar-refractivity contribution in [2.24, 2.45) is 5.41 Å². The molecule has 0 aromatic rings. The Morgan fingerprint density at radius 1 is 1.27 bits per heavy atom. The highest BCUT2D eigenvalue weighted by Gasteiger charge is 2.45. The van der Waals surface area contributed by atoms with E-state index in [-0.39, 0.29) is 0 Å². The van der Waals surface area contributed by atoms with Crippen LogP contribution in [0.25, 0.3) is 0 Å². The Morgan fingerprint density at radius 3 is 2.27 bits per heavy atom. The van der Waals surface area contributed by atoms with E-state index in [1.807, 2.05) is 0 Å². The van der Waals surface area contributed by atoms with Crippen molar-refractivity contribution in [2.45, 2.75) is 19.3 Å². The van der Waals surface area contributed by atoms with Gasteiger partial charge in [0.1, 0.15) is 0 Å². The zero-order valence-electron chi connectivity index (χ0n) is 9.41. The summed E-state index contributed by atoms with van der Waals surface area (Å²) in [4.78, 5) is 15.8. The minimum absolute atomic E-state index is 0.407.